The first kappa shape index (κ1) is 15.4. The van der Waals surface area contributed by atoms with Crippen molar-refractivity contribution in [2.45, 2.75) is 12.2 Å². The summed E-state index contributed by atoms with van der Waals surface area (Å²) in [5.41, 5.74) is 10.7. The summed E-state index contributed by atoms with van der Waals surface area (Å²) in [5, 5.41) is 0. The summed E-state index contributed by atoms with van der Waals surface area (Å²) in [6.07, 6.45) is -2.67. The lowest BCUT2D eigenvalue weighted by Crippen LogP contribution is -2.52. The maximum absolute atomic E-state index is 11.6. The predicted molar refractivity (Wildman–Crippen MR) is 80.1 cm³/mol. The van der Waals surface area contributed by atoms with Crippen LogP contribution in [0.1, 0.15) is 0 Å². The van der Waals surface area contributed by atoms with E-state index in [2.05, 4.69) is 0 Å². The van der Waals surface area contributed by atoms with Crippen LogP contribution < -0.4 is 20.9 Å². The second-order valence-electron chi connectivity index (χ2n) is 4.51. The van der Waals surface area contributed by atoms with Gasteiger partial charge in [-0.3, -0.25) is 9.59 Å². The molecule has 0 saturated carbocycles. The molecule has 114 valence electrons. The van der Waals surface area contributed by atoms with E-state index in [0.29, 0.717) is 11.5 Å². The van der Waals surface area contributed by atoms with Gasteiger partial charge in [0.15, 0.2) is 0 Å². The van der Waals surface area contributed by atoms with Crippen molar-refractivity contribution in [1.29, 1.82) is 0 Å². The number of primary amides is 2. The fourth-order valence-corrected chi connectivity index (χ4v) is 1.83. The Kier molecular flexibility index (Phi) is 4.98. The molecule has 0 spiro atoms. The summed E-state index contributed by atoms with van der Waals surface area (Å²) in [5.74, 6) is -0.921. The Hall–Kier alpha value is -3.02. The topological polar surface area (TPSA) is 105 Å². The summed E-state index contributed by atoms with van der Waals surface area (Å²) in [4.78, 5) is 23.3. The van der Waals surface area contributed by atoms with Crippen molar-refractivity contribution in [1.82, 2.24) is 0 Å². The zero-order valence-corrected chi connectivity index (χ0v) is 11.7. The van der Waals surface area contributed by atoms with Crippen molar-refractivity contribution in [2.24, 2.45) is 11.5 Å². The van der Waals surface area contributed by atoms with Crippen LogP contribution in [0.25, 0.3) is 0 Å². The molecule has 0 aliphatic heterocycles. The lowest BCUT2D eigenvalue weighted by molar-refractivity contribution is -0.138. The van der Waals surface area contributed by atoms with E-state index in [1.165, 1.54) is 0 Å². The third-order valence-electron chi connectivity index (χ3n) is 2.85. The van der Waals surface area contributed by atoms with Crippen LogP contribution in [0.4, 0.5) is 0 Å². The molecular formula is C16H16N2O4. The van der Waals surface area contributed by atoms with Gasteiger partial charge in [-0.2, -0.15) is 0 Å². The molecule has 2 aromatic rings. The van der Waals surface area contributed by atoms with E-state index in [0.717, 1.165) is 0 Å². The van der Waals surface area contributed by atoms with Crippen molar-refractivity contribution in [2.75, 3.05) is 0 Å². The monoisotopic (exact) mass is 300 g/mol. The third kappa shape index (κ3) is 3.99. The molecule has 2 unspecified atom stereocenters. The molecule has 2 amide bonds. The van der Waals surface area contributed by atoms with E-state index in [4.69, 9.17) is 20.9 Å². The maximum Gasteiger partial charge on any atom is 0.263 e. The second kappa shape index (κ2) is 7.12. The number of amides is 2. The highest BCUT2D eigenvalue weighted by atomic mass is 16.5. The van der Waals surface area contributed by atoms with Crippen LogP contribution in [0.15, 0.2) is 60.7 Å². The third-order valence-corrected chi connectivity index (χ3v) is 2.85. The van der Waals surface area contributed by atoms with Crippen molar-refractivity contribution < 1.29 is 19.1 Å². The lowest BCUT2D eigenvalue weighted by Gasteiger charge is -2.24. The van der Waals surface area contributed by atoms with Gasteiger partial charge in [-0.25, -0.2) is 0 Å². The molecule has 6 nitrogen and oxygen atoms in total. The Bertz CT molecular complexity index is 574. The van der Waals surface area contributed by atoms with E-state index in [1.807, 2.05) is 0 Å². The number of ether oxygens (including phenoxy) is 2. The van der Waals surface area contributed by atoms with Crippen molar-refractivity contribution in [3.05, 3.63) is 60.7 Å². The Morgan fingerprint density at radius 1 is 0.682 bits per heavy atom. The Morgan fingerprint density at radius 3 is 1.27 bits per heavy atom. The molecule has 22 heavy (non-hydrogen) atoms. The second-order valence-corrected chi connectivity index (χ2v) is 4.51. The molecular weight excluding hydrogens is 284 g/mol. The quantitative estimate of drug-likeness (QED) is 0.791. The first-order valence-electron chi connectivity index (χ1n) is 6.60. The number of hydrogen-bond donors (Lipinski definition) is 2. The van der Waals surface area contributed by atoms with Crippen molar-refractivity contribution in [3.63, 3.8) is 0 Å². The van der Waals surface area contributed by atoms with Crippen molar-refractivity contribution in [3.8, 4) is 11.5 Å². The van der Waals surface area contributed by atoms with Gasteiger partial charge in [0.1, 0.15) is 11.5 Å². The van der Waals surface area contributed by atoms with Gasteiger partial charge in [0.2, 0.25) is 12.2 Å². The summed E-state index contributed by atoms with van der Waals surface area (Å²) in [7, 11) is 0. The lowest BCUT2D eigenvalue weighted by atomic mass is 10.1. The standard InChI is InChI=1S/C16H16N2O4/c17-15(19)13(21-11-7-3-1-4-8-11)14(16(18)20)22-12-9-5-2-6-10-12/h1-10,13-14H,(H2,17,19)(H2,18,20). The van der Waals surface area contributed by atoms with E-state index < -0.39 is 24.0 Å². The van der Waals surface area contributed by atoms with Crippen LogP contribution in [0, 0.1) is 0 Å². The molecule has 0 bridgehead atoms. The zero-order valence-electron chi connectivity index (χ0n) is 11.7. The highest BCUT2D eigenvalue weighted by Gasteiger charge is 2.35. The van der Waals surface area contributed by atoms with Gasteiger partial charge in [-0.1, -0.05) is 36.4 Å². The number of hydrogen-bond acceptors (Lipinski definition) is 4. The molecule has 0 aromatic heterocycles. The molecule has 2 atom stereocenters. The van der Waals surface area contributed by atoms with Gasteiger partial charge >= 0.3 is 0 Å². The van der Waals surface area contributed by atoms with Gasteiger partial charge < -0.3 is 20.9 Å². The molecule has 0 aliphatic carbocycles. The van der Waals surface area contributed by atoms with Gasteiger partial charge in [-0.15, -0.1) is 0 Å². The highest BCUT2D eigenvalue weighted by Crippen LogP contribution is 2.17. The minimum absolute atomic E-state index is 0.384. The van der Waals surface area contributed by atoms with Crippen LogP contribution in [0.5, 0.6) is 11.5 Å². The molecule has 4 N–H and O–H groups in total. The summed E-state index contributed by atoms with van der Waals surface area (Å²) >= 11 is 0. The smallest absolute Gasteiger partial charge is 0.263 e. The first-order chi connectivity index (χ1) is 10.6. The normalized spacial score (nSPS) is 12.9. The van der Waals surface area contributed by atoms with Crippen LogP contribution in [-0.2, 0) is 9.59 Å². The molecule has 0 radical (unpaired) electrons. The average Bonchev–Trinajstić information content (AvgIpc) is 2.52. The molecule has 0 fully saturated rings. The molecule has 0 aliphatic rings. The zero-order chi connectivity index (χ0) is 15.9. The number of para-hydroxylation sites is 2. The Labute approximate surface area is 127 Å². The van der Waals surface area contributed by atoms with Gasteiger partial charge in [-0.05, 0) is 24.3 Å². The number of benzene rings is 2. The number of rotatable bonds is 7. The number of carbonyl (C=O) groups is 2. The number of carbonyl (C=O) groups excluding carboxylic acids is 2. The van der Waals surface area contributed by atoms with Crippen LogP contribution in [0.2, 0.25) is 0 Å². The van der Waals surface area contributed by atoms with Gasteiger partial charge in [0.25, 0.3) is 11.8 Å². The van der Waals surface area contributed by atoms with Crippen LogP contribution in [-0.4, -0.2) is 24.0 Å². The average molecular weight is 300 g/mol. The predicted octanol–water partition coefficient (Wildman–Crippen LogP) is 0.852. The number of nitrogens with two attached hydrogens (primary N) is 2. The maximum atomic E-state index is 11.6. The van der Waals surface area contributed by atoms with Gasteiger partial charge in [0, 0.05) is 0 Å². The van der Waals surface area contributed by atoms with Crippen molar-refractivity contribution >= 4 is 11.8 Å². The fourth-order valence-electron chi connectivity index (χ4n) is 1.83. The molecule has 6 heteroatoms. The minimum atomic E-state index is -1.33. The first-order valence-corrected chi connectivity index (χ1v) is 6.60. The van der Waals surface area contributed by atoms with E-state index >= 15 is 0 Å². The molecule has 2 rings (SSSR count). The Morgan fingerprint density at radius 2 is 1.00 bits per heavy atom. The highest BCUT2D eigenvalue weighted by molar-refractivity contribution is 5.90. The van der Waals surface area contributed by atoms with Gasteiger partial charge in [0.05, 0.1) is 0 Å². The largest absolute Gasteiger partial charge is 0.476 e. The van der Waals surface area contributed by atoms with Crippen LogP contribution >= 0.6 is 0 Å². The summed E-state index contributed by atoms with van der Waals surface area (Å²) in [6, 6.07) is 17.0. The minimum Gasteiger partial charge on any atom is -0.476 e. The molecule has 2 aromatic carbocycles. The molecule has 0 saturated heterocycles. The van der Waals surface area contributed by atoms with E-state index in [9.17, 15) is 9.59 Å². The SMILES string of the molecule is NC(=O)C(Oc1ccccc1)C(Oc1ccccc1)C(N)=O. The van der Waals surface area contributed by atoms with E-state index in [-0.39, 0.29) is 0 Å². The fraction of sp³-hybridized carbons (Fsp3) is 0.125. The van der Waals surface area contributed by atoms with Crippen LogP contribution in [0.3, 0.4) is 0 Å². The Balaban J connectivity index is 2.22. The summed E-state index contributed by atoms with van der Waals surface area (Å²) < 4.78 is 10.9. The summed E-state index contributed by atoms with van der Waals surface area (Å²) in [6.45, 7) is 0. The van der Waals surface area contributed by atoms with E-state index in [1.54, 1.807) is 60.7 Å². The molecule has 0 heterocycles.